The summed E-state index contributed by atoms with van der Waals surface area (Å²) in [4.78, 5) is 19.7. The van der Waals surface area contributed by atoms with E-state index in [-0.39, 0.29) is 5.56 Å². The molecule has 2 aromatic heterocycles. The van der Waals surface area contributed by atoms with Gasteiger partial charge in [0.25, 0.3) is 5.56 Å². The van der Waals surface area contributed by atoms with Gasteiger partial charge >= 0.3 is 0 Å². The van der Waals surface area contributed by atoms with E-state index in [1.165, 1.54) is 17.5 Å². The molecule has 0 aliphatic heterocycles. The lowest BCUT2D eigenvalue weighted by atomic mass is 9.90. The molecule has 1 aromatic carbocycles. The number of rotatable bonds is 1. The van der Waals surface area contributed by atoms with Gasteiger partial charge in [0.15, 0.2) is 0 Å². The molecule has 5 heteroatoms. The molecule has 1 aliphatic rings. The second-order valence-corrected chi connectivity index (χ2v) is 5.15. The van der Waals surface area contributed by atoms with Gasteiger partial charge in [-0.3, -0.25) is 9.78 Å². The average Bonchev–Trinajstić information content (AvgIpc) is 3.01. The van der Waals surface area contributed by atoms with Crippen LogP contribution in [0.3, 0.4) is 0 Å². The highest BCUT2D eigenvalue weighted by atomic mass is 16.1. The van der Waals surface area contributed by atoms with E-state index in [2.05, 4.69) is 21.1 Å². The maximum atomic E-state index is 12.2. The Morgan fingerprint density at radius 2 is 2.10 bits per heavy atom. The summed E-state index contributed by atoms with van der Waals surface area (Å²) < 4.78 is 1.59. The van der Waals surface area contributed by atoms with Crippen molar-refractivity contribution in [1.82, 2.24) is 19.7 Å². The van der Waals surface area contributed by atoms with Crippen LogP contribution in [0.1, 0.15) is 24.0 Å². The molecule has 0 amide bonds. The highest BCUT2D eigenvalue weighted by molar-refractivity contribution is 5.82. The van der Waals surface area contributed by atoms with Gasteiger partial charge in [0.05, 0.1) is 10.9 Å². The van der Waals surface area contributed by atoms with Crippen LogP contribution in [0.15, 0.2) is 35.4 Å². The van der Waals surface area contributed by atoms with Crippen LogP contribution >= 0.6 is 0 Å². The molecule has 5 nitrogen and oxygen atoms in total. The first-order valence-corrected chi connectivity index (χ1v) is 6.88. The lowest BCUT2D eigenvalue weighted by molar-refractivity contribution is 0.688. The molecule has 4 rings (SSSR count). The second kappa shape index (κ2) is 4.30. The highest BCUT2D eigenvalue weighted by Gasteiger charge is 2.16. The number of aromatic amines is 1. The highest BCUT2D eigenvalue weighted by Crippen LogP contribution is 2.26. The molecule has 2 heterocycles. The summed E-state index contributed by atoms with van der Waals surface area (Å²) >= 11 is 0. The Bertz CT molecular complexity index is 833. The normalized spacial score (nSPS) is 14.4. The van der Waals surface area contributed by atoms with Crippen LogP contribution in [-0.4, -0.2) is 19.7 Å². The molecule has 1 N–H and O–H groups in total. The third kappa shape index (κ3) is 1.66. The van der Waals surface area contributed by atoms with Gasteiger partial charge in [-0.15, -0.1) is 0 Å². The van der Waals surface area contributed by atoms with Gasteiger partial charge < -0.3 is 0 Å². The largest absolute Gasteiger partial charge is 0.290 e. The fourth-order valence-corrected chi connectivity index (χ4v) is 2.92. The van der Waals surface area contributed by atoms with E-state index in [0.29, 0.717) is 11.3 Å². The second-order valence-electron chi connectivity index (χ2n) is 5.15. The maximum absolute atomic E-state index is 12.2. The molecule has 0 saturated carbocycles. The van der Waals surface area contributed by atoms with E-state index >= 15 is 0 Å². The number of aryl methyl sites for hydroxylation is 2. The van der Waals surface area contributed by atoms with Crippen molar-refractivity contribution in [3.05, 3.63) is 52.1 Å². The third-order valence-electron chi connectivity index (χ3n) is 3.91. The van der Waals surface area contributed by atoms with Crippen molar-refractivity contribution in [3.63, 3.8) is 0 Å². The Morgan fingerprint density at radius 1 is 1.20 bits per heavy atom. The summed E-state index contributed by atoms with van der Waals surface area (Å²) in [6.07, 6.45) is 7.91. The zero-order chi connectivity index (χ0) is 13.5. The summed E-state index contributed by atoms with van der Waals surface area (Å²) in [6, 6.07) is 5.77. The number of H-pyrrole nitrogens is 1. The van der Waals surface area contributed by atoms with E-state index in [1.807, 2.05) is 12.1 Å². The van der Waals surface area contributed by atoms with Crippen LogP contribution in [0.2, 0.25) is 0 Å². The first-order chi connectivity index (χ1) is 9.83. The van der Waals surface area contributed by atoms with Gasteiger partial charge in [0.2, 0.25) is 5.95 Å². The number of fused-ring (bicyclic) bond motifs is 3. The fourth-order valence-electron chi connectivity index (χ4n) is 2.92. The Labute approximate surface area is 115 Å². The first kappa shape index (κ1) is 11.4. The Morgan fingerprint density at radius 3 is 2.95 bits per heavy atom. The third-order valence-corrected chi connectivity index (χ3v) is 3.91. The van der Waals surface area contributed by atoms with E-state index in [0.717, 1.165) is 24.8 Å². The van der Waals surface area contributed by atoms with Crippen molar-refractivity contribution >= 4 is 10.9 Å². The van der Waals surface area contributed by atoms with Crippen LogP contribution in [0.5, 0.6) is 0 Å². The number of nitrogens with zero attached hydrogens (tertiary/aromatic N) is 3. The molecule has 0 saturated heterocycles. The molecule has 0 bridgehead atoms. The number of hydrogen-bond donors (Lipinski definition) is 1. The molecule has 0 fully saturated rings. The quantitative estimate of drug-likeness (QED) is 0.732. The average molecular weight is 266 g/mol. The number of aromatic nitrogens is 4. The van der Waals surface area contributed by atoms with Crippen molar-refractivity contribution in [3.8, 4) is 5.95 Å². The number of hydrogen-bond acceptors (Lipinski definition) is 3. The standard InChI is InChI=1S/C15H14N4O/c20-14-12-7-6-10-4-1-2-5-11(10)13(12)17-15(18-14)19-9-3-8-16-19/h3,6-9H,1-2,4-5H2,(H,17,18,20). The van der Waals surface area contributed by atoms with Gasteiger partial charge in [-0.2, -0.15) is 5.10 Å². The zero-order valence-electron chi connectivity index (χ0n) is 11.0. The van der Waals surface area contributed by atoms with Gasteiger partial charge in [-0.25, -0.2) is 9.67 Å². The summed E-state index contributed by atoms with van der Waals surface area (Å²) in [5, 5.41) is 4.80. The van der Waals surface area contributed by atoms with Crippen molar-refractivity contribution in [2.75, 3.05) is 0 Å². The van der Waals surface area contributed by atoms with E-state index in [4.69, 9.17) is 0 Å². The van der Waals surface area contributed by atoms with Crippen LogP contribution in [0, 0.1) is 0 Å². The Balaban J connectivity index is 2.04. The first-order valence-electron chi connectivity index (χ1n) is 6.88. The van der Waals surface area contributed by atoms with Crippen LogP contribution in [-0.2, 0) is 12.8 Å². The topological polar surface area (TPSA) is 63.6 Å². The van der Waals surface area contributed by atoms with Crippen LogP contribution < -0.4 is 5.56 Å². The Kier molecular flexibility index (Phi) is 2.45. The minimum Gasteiger partial charge on any atom is -0.290 e. The predicted octanol–water partition coefficient (Wildman–Crippen LogP) is 1.99. The molecule has 0 radical (unpaired) electrons. The number of nitrogens with one attached hydrogen (secondary N) is 1. The molecule has 3 aromatic rings. The van der Waals surface area contributed by atoms with Crippen LogP contribution in [0.25, 0.3) is 16.9 Å². The molecular weight excluding hydrogens is 252 g/mol. The van der Waals surface area contributed by atoms with Crippen LogP contribution in [0.4, 0.5) is 0 Å². The maximum Gasteiger partial charge on any atom is 0.260 e. The van der Waals surface area contributed by atoms with E-state index in [9.17, 15) is 4.79 Å². The summed E-state index contributed by atoms with van der Waals surface area (Å²) in [5.41, 5.74) is 3.28. The summed E-state index contributed by atoms with van der Waals surface area (Å²) in [6.45, 7) is 0. The predicted molar refractivity (Wildman–Crippen MR) is 76.1 cm³/mol. The minimum absolute atomic E-state index is 0.103. The summed E-state index contributed by atoms with van der Waals surface area (Å²) in [5.74, 6) is 0.478. The minimum atomic E-state index is -0.103. The molecule has 1 aliphatic carbocycles. The van der Waals surface area contributed by atoms with Crippen molar-refractivity contribution in [1.29, 1.82) is 0 Å². The SMILES string of the molecule is O=c1[nH]c(-n2cccn2)nc2c3c(ccc12)CCCC3. The molecule has 0 atom stereocenters. The molecular formula is C15H14N4O. The smallest absolute Gasteiger partial charge is 0.260 e. The Hall–Kier alpha value is -2.43. The monoisotopic (exact) mass is 266 g/mol. The summed E-state index contributed by atoms with van der Waals surface area (Å²) in [7, 11) is 0. The van der Waals surface area contributed by atoms with Gasteiger partial charge in [-0.05, 0) is 48.9 Å². The molecule has 20 heavy (non-hydrogen) atoms. The van der Waals surface area contributed by atoms with E-state index in [1.54, 1.807) is 17.1 Å². The fraction of sp³-hybridized carbons (Fsp3) is 0.267. The van der Waals surface area contributed by atoms with Crippen molar-refractivity contribution in [2.24, 2.45) is 0 Å². The van der Waals surface area contributed by atoms with Gasteiger partial charge in [0, 0.05) is 12.4 Å². The van der Waals surface area contributed by atoms with E-state index < -0.39 is 0 Å². The van der Waals surface area contributed by atoms with Gasteiger partial charge in [0.1, 0.15) is 0 Å². The molecule has 100 valence electrons. The lowest BCUT2D eigenvalue weighted by Gasteiger charge is -2.17. The van der Waals surface area contributed by atoms with Gasteiger partial charge in [-0.1, -0.05) is 6.07 Å². The molecule has 0 unspecified atom stereocenters. The lowest BCUT2D eigenvalue weighted by Crippen LogP contribution is -2.16. The molecule has 0 spiro atoms. The number of benzene rings is 1. The zero-order valence-corrected chi connectivity index (χ0v) is 11.0. The van der Waals surface area contributed by atoms with Crippen molar-refractivity contribution < 1.29 is 0 Å². The van der Waals surface area contributed by atoms with Crippen molar-refractivity contribution in [2.45, 2.75) is 25.7 Å².